The number of ketones is 1. The van der Waals surface area contributed by atoms with Gasteiger partial charge < -0.3 is 19.3 Å². The van der Waals surface area contributed by atoms with E-state index in [1.165, 1.54) is 6.07 Å². The van der Waals surface area contributed by atoms with E-state index in [1.54, 1.807) is 39.5 Å². The molecule has 0 fully saturated rings. The van der Waals surface area contributed by atoms with Crippen LogP contribution in [0.5, 0.6) is 23.0 Å². The van der Waals surface area contributed by atoms with Crippen LogP contribution in [0.25, 0.3) is 0 Å². The van der Waals surface area contributed by atoms with Crippen molar-refractivity contribution in [3.63, 3.8) is 0 Å². The predicted octanol–water partition coefficient (Wildman–Crippen LogP) is 3.23. The van der Waals surface area contributed by atoms with Gasteiger partial charge in [-0.2, -0.15) is 0 Å². The summed E-state index contributed by atoms with van der Waals surface area (Å²) in [5, 5.41) is 9.73. The molecule has 0 bridgehead atoms. The highest BCUT2D eigenvalue weighted by molar-refractivity contribution is 5.98. The van der Waals surface area contributed by atoms with Gasteiger partial charge in [0.15, 0.2) is 17.3 Å². The second-order valence-corrected chi connectivity index (χ2v) is 4.97. The highest BCUT2D eigenvalue weighted by atomic mass is 16.5. The van der Waals surface area contributed by atoms with Gasteiger partial charge >= 0.3 is 0 Å². The Morgan fingerprint density at radius 2 is 1.61 bits per heavy atom. The number of aryl methyl sites for hydroxylation is 1. The molecule has 0 saturated carbocycles. The summed E-state index contributed by atoms with van der Waals surface area (Å²) in [5.74, 6) is 1.51. The third-order valence-corrected chi connectivity index (χ3v) is 3.57. The zero-order valence-corrected chi connectivity index (χ0v) is 13.5. The Labute approximate surface area is 135 Å². The lowest BCUT2D eigenvalue weighted by Gasteiger charge is -2.14. The van der Waals surface area contributed by atoms with Crippen LogP contribution in [0.15, 0.2) is 36.4 Å². The largest absolute Gasteiger partial charge is 0.507 e. The van der Waals surface area contributed by atoms with Crippen molar-refractivity contribution in [2.24, 2.45) is 0 Å². The van der Waals surface area contributed by atoms with Gasteiger partial charge in [0.25, 0.3) is 0 Å². The van der Waals surface area contributed by atoms with Crippen molar-refractivity contribution in [3.05, 3.63) is 47.5 Å². The molecule has 2 aromatic rings. The minimum absolute atomic E-state index is 0.00221. The number of hydrogen-bond acceptors (Lipinski definition) is 5. The number of ether oxygens (including phenoxy) is 3. The maximum Gasteiger partial charge on any atom is 0.203 e. The maximum absolute atomic E-state index is 12.2. The number of rotatable bonds is 7. The fourth-order valence-electron chi connectivity index (χ4n) is 2.38. The van der Waals surface area contributed by atoms with Crippen LogP contribution in [-0.4, -0.2) is 32.2 Å². The molecule has 23 heavy (non-hydrogen) atoms. The smallest absolute Gasteiger partial charge is 0.203 e. The first-order chi connectivity index (χ1) is 11.1. The van der Waals surface area contributed by atoms with E-state index in [2.05, 4.69) is 0 Å². The second kappa shape index (κ2) is 7.54. The van der Waals surface area contributed by atoms with E-state index in [4.69, 9.17) is 14.2 Å². The molecule has 0 saturated heterocycles. The van der Waals surface area contributed by atoms with Crippen LogP contribution in [0.2, 0.25) is 0 Å². The molecule has 0 aliphatic rings. The topological polar surface area (TPSA) is 65.0 Å². The lowest BCUT2D eigenvalue weighted by molar-refractivity contribution is 0.0980. The van der Waals surface area contributed by atoms with Crippen molar-refractivity contribution in [1.82, 2.24) is 0 Å². The van der Waals surface area contributed by atoms with E-state index in [0.29, 0.717) is 29.2 Å². The lowest BCUT2D eigenvalue weighted by atomic mass is 10.0. The van der Waals surface area contributed by atoms with Crippen LogP contribution in [-0.2, 0) is 6.42 Å². The van der Waals surface area contributed by atoms with E-state index in [1.807, 2.05) is 12.1 Å². The van der Waals surface area contributed by atoms with Gasteiger partial charge in [-0.1, -0.05) is 12.1 Å². The summed E-state index contributed by atoms with van der Waals surface area (Å²) < 4.78 is 15.9. The fourth-order valence-corrected chi connectivity index (χ4v) is 2.38. The molecular weight excluding hydrogens is 296 g/mol. The third-order valence-electron chi connectivity index (χ3n) is 3.57. The Bertz CT molecular complexity index is 669. The van der Waals surface area contributed by atoms with Crippen molar-refractivity contribution in [2.75, 3.05) is 21.3 Å². The first-order valence-electron chi connectivity index (χ1n) is 7.20. The van der Waals surface area contributed by atoms with Crippen molar-refractivity contribution in [2.45, 2.75) is 12.8 Å². The van der Waals surface area contributed by atoms with E-state index in [-0.39, 0.29) is 18.0 Å². The first kappa shape index (κ1) is 16.7. The highest BCUT2D eigenvalue weighted by Gasteiger charge is 2.15. The summed E-state index contributed by atoms with van der Waals surface area (Å²) in [6.07, 6.45) is 0.778. The van der Waals surface area contributed by atoms with Gasteiger partial charge in [-0.3, -0.25) is 4.79 Å². The Morgan fingerprint density at radius 3 is 2.13 bits per heavy atom. The Balaban J connectivity index is 2.17. The quantitative estimate of drug-likeness (QED) is 0.794. The molecule has 0 spiro atoms. The summed E-state index contributed by atoms with van der Waals surface area (Å²) >= 11 is 0. The number of aromatic hydroxyl groups is 1. The number of carbonyl (C=O) groups is 1. The number of carbonyl (C=O) groups excluding carboxylic acids is 1. The molecule has 0 amide bonds. The molecule has 2 aromatic carbocycles. The molecule has 0 unspecified atom stereocenters. The maximum atomic E-state index is 12.2. The molecule has 122 valence electrons. The number of hydrogen-bond donors (Lipinski definition) is 1. The van der Waals surface area contributed by atoms with Gasteiger partial charge in [-0.15, -0.1) is 0 Å². The third kappa shape index (κ3) is 3.74. The standard InChI is InChI=1S/C18H20O5/c1-21-16-10-12(11-17(22-2)18(16)23-3)8-9-15(20)13-6-4-5-7-14(13)19/h4-7,10-11,19H,8-9H2,1-3H3. The van der Waals surface area contributed by atoms with Crippen molar-refractivity contribution in [1.29, 1.82) is 0 Å². The number of Topliss-reactive ketones (excluding diaryl/α,β-unsaturated/α-hetero) is 1. The molecule has 0 radical (unpaired) electrons. The van der Waals surface area contributed by atoms with E-state index in [0.717, 1.165) is 5.56 Å². The number of phenols is 1. The molecule has 0 aliphatic carbocycles. The highest BCUT2D eigenvalue weighted by Crippen LogP contribution is 2.38. The summed E-state index contributed by atoms with van der Waals surface area (Å²) in [4.78, 5) is 12.2. The van der Waals surface area contributed by atoms with Gasteiger partial charge in [0, 0.05) is 6.42 Å². The summed E-state index contributed by atoms with van der Waals surface area (Å²) in [7, 11) is 4.64. The van der Waals surface area contributed by atoms with Crippen molar-refractivity contribution in [3.8, 4) is 23.0 Å². The van der Waals surface area contributed by atoms with Crippen LogP contribution < -0.4 is 14.2 Å². The molecule has 2 rings (SSSR count). The van der Waals surface area contributed by atoms with E-state index < -0.39 is 0 Å². The minimum atomic E-state index is -0.114. The normalized spacial score (nSPS) is 10.2. The number of benzene rings is 2. The molecule has 0 heterocycles. The summed E-state index contributed by atoms with van der Waals surface area (Å²) in [5.41, 5.74) is 1.23. The predicted molar refractivity (Wildman–Crippen MR) is 86.9 cm³/mol. The molecule has 0 aliphatic heterocycles. The molecule has 5 nitrogen and oxygen atoms in total. The monoisotopic (exact) mass is 316 g/mol. The average molecular weight is 316 g/mol. The Kier molecular flexibility index (Phi) is 5.46. The van der Waals surface area contributed by atoms with Gasteiger partial charge in [-0.25, -0.2) is 0 Å². The number of methoxy groups -OCH3 is 3. The minimum Gasteiger partial charge on any atom is -0.507 e. The second-order valence-electron chi connectivity index (χ2n) is 4.97. The molecule has 0 aromatic heterocycles. The van der Waals surface area contributed by atoms with Crippen LogP contribution in [0.4, 0.5) is 0 Å². The number of phenolic OH excluding ortho intramolecular Hbond substituents is 1. The summed E-state index contributed by atoms with van der Waals surface area (Å²) in [6.45, 7) is 0. The Hall–Kier alpha value is -2.69. The van der Waals surface area contributed by atoms with Crippen LogP contribution in [0.3, 0.4) is 0 Å². The fraction of sp³-hybridized carbons (Fsp3) is 0.278. The first-order valence-corrected chi connectivity index (χ1v) is 7.20. The van der Waals surface area contributed by atoms with Crippen molar-refractivity contribution < 1.29 is 24.1 Å². The molecule has 1 N–H and O–H groups in total. The zero-order valence-electron chi connectivity index (χ0n) is 13.5. The number of para-hydroxylation sites is 1. The van der Waals surface area contributed by atoms with Crippen molar-refractivity contribution >= 4 is 5.78 Å². The van der Waals surface area contributed by atoms with E-state index in [9.17, 15) is 9.90 Å². The van der Waals surface area contributed by atoms with Gasteiger partial charge in [0.2, 0.25) is 5.75 Å². The zero-order chi connectivity index (χ0) is 16.8. The van der Waals surface area contributed by atoms with Crippen LogP contribution >= 0.6 is 0 Å². The van der Waals surface area contributed by atoms with Gasteiger partial charge in [0.05, 0.1) is 26.9 Å². The lowest BCUT2D eigenvalue weighted by Crippen LogP contribution is -2.03. The van der Waals surface area contributed by atoms with Crippen LogP contribution in [0.1, 0.15) is 22.3 Å². The molecule has 5 heteroatoms. The van der Waals surface area contributed by atoms with Crippen LogP contribution in [0, 0.1) is 0 Å². The Morgan fingerprint density at radius 1 is 1.00 bits per heavy atom. The van der Waals surface area contributed by atoms with Gasteiger partial charge in [0.1, 0.15) is 5.75 Å². The SMILES string of the molecule is COc1cc(CCC(=O)c2ccccc2O)cc(OC)c1OC. The average Bonchev–Trinajstić information content (AvgIpc) is 2.58. The molecular formula is C18H20O5. The molecule has 0 atom stereocenters. The van der Waals surface area contributed by atoms with E-state index >= 15 is 0 Å². The summed E-state index contributed by atoms with van der Waals surface area (Å²) in [6, 6.07) is 10.2. The van der Waals surface area contributed by atoms with Gasteiger partial charge in [-0.05, 0) is 36.2 Å².